The van der Waals surface area contributed by atoms with Crippen molar-refractivity contribution in [3.63, 3.8) is 0 Å². The third-order valence-corrected chi connectivity index (χ3v) is 2.65. The summed E-state index contributed by atoms with van der Waals surface area (Å²) in [5.41, 5.74) is 0.400. The Morgan fingerprint density at radius 1 is 1.46 bits per heavy atom. The van der Waals surface area contributed by atoms with Gasteiger partial charge in [-0.15, -0.1) is 6.42 Å². The maximum atomic E-state index is 13.1. The van der Waals surface area contributed by atoms with Crippen molar-refractivity contribution in [2.24, 2.45) is 0 Å². The third kappa shape index (κ3) is 2.10. The van der Waals surface area contributed by atoms with Gasteiger partial charge in [-0.05, 0) is 47.5 Å². The van der Waals surface area contributed by atoms with Crippen molar-refractivity contribution in [2.75, 3.05) is 0 Å². The maximum absolute atomic E-state index is 13.1. The van der Waals surface area contributed by atoms with E-state index in [1.807, 2.05) is 19.9 Å². The molecule has 0 spiro atoms. The summed E-state index contributed by atoms with van der Waals surface area (Å²) < 4.78 is 13.6. The van der Waals surface area contributed by atoms with E-state index in [1.165, 1.54) is 6.07 Å². The van der Waals surface area contributed by atoms with Crippen LogP contribution in [-0.2, 0) is 5.41 Å². The van der Waals surface area contributed by atoms with E-state index in [0.717, 1.165) is 5.56 Å². The highest BCUT2D eigenvalue weighted by atomic mass is 79.9. The molecule has 1 aromatic carbocycles. The van der Waals surface area contributed by atoms with E-state index in [2.05, 4.69) is 21.9 Å². The summed E-state index contributed by atoms with van der Waals surface area (Å²) >= 11 is 3.09. The van der Waals surface area contributed by atoms with Crippen LogP contribution >= 0.6 is 15.9 Å². The van der Waals surface area contributed by atoms with Gasteiger partial charge < -0.3 is 0 Å². The van der Waals surface area contributed by atoms with Crippen LogP contribution in [0.2, 0.25) is 0 Å². The predicted molar refractivity (Wildman–Crippen MR) is 56.0 cm³/mol. The number of terminal acetylenes is 1. The van der Waals surface area contributed by atoms with E-state index < -0.39 is 5.41 Å². The lowest BCUT2D eigenvalue weighted by Crippen LogP contribution is -2.13. The van der Waals surface area contributed by atoms with Gasteiger partial charge in [-0.2, -0.15) is 0 Å². The van der Waals surface area contributed by atoms with Crippen molar-refractivity contribution >= 4 is 15.9 Å². The van der Waals surface area contributed by atoms with Crippen LogP contribution in [-0.4, -0.2) is 0 Å². The zero-order chi connectivity index (χ0) is 10.1. The molecule has 68 valence electrons. The van der Waals surface area contributed by atoms with Crippen molar-refractivity contribution in [1.82, 2.24) is 0 Å². The molecule has 0 aliphatic rings. The molecule has 13 heavy (non-hydrogen) atoms. The molecule has 0 bridgehead atoms. The van der Waals surface area contributed by atoms with Crippen molar-refractivity contribution in [2.45, 2.75) is 19.3 Å². The summed E-state index contributed by atoms with van der Waals surface area (Å²) in [4.78, 5) is 0. The molecule has 0 aliphatic heterocycles. The lowest BCUT2D eigenvalue weighted by Gasteiger charge is -2.17. The van der Waals surface area contributed by atoms with Crippen LogP contribution in [0.1, 0.15) is 19.4 Å². The molecular weight excluding hydrogens is 231 g/mol. The highest BCUT2D eigenvalue weighted by Gasteiger charge is 2.17. The van der Waals surface area contributed by atoms with E-state index in [9.17, 15) is 4.39 Å². The van der Waals surface area contributed by atoms with E-state index in [0.29, 0.717) is 4.47 Å². The largest absolute Gasteiger partial charge is 0.206 e. The van der Waals surface area contributed by atoms with E-state index in [4.69, 9.17) is 6.42 Å². The molecule has 0 heterocycles. The second-order valence-electron chi connectivity index (χ2n) is 3.40. The zero-order valence-corrected chi connectivity index (χ0v) is 9.15. The molecule has 2 heteroatoms. The Morgan fingerprint density at radius 3 is 2.54 bits per heavy atom. The molecule has 0 radical (unpaired) electrons. The molecule has 0 N–H and O–H groups in total. The topological polar surface area (TPSA) is 0 Å². The Kier molecular flexibility index (Phi) is 2.77. The maximum Gasteiger partial charge on any atom is 0.137 e. The van der Waals surface area contributed by atoms with Crippen LogP contribution in [0.3, 0.4) is 0 Å². The molecule has 0 fully saturated rings. The molecule has 0 atom stereocenters. The Balaban J connectivity index is 3.20. The van der Waals surface area contributed by atoms with Gasteiger partial charge in [-0.1, -0.05) is 12.0 Å². The van der Waals surface area contributed by atoms with Crippen molar-refractivity contribution in [1.29, 1.82) is 0 Å². The second kappa shape index (κ2) is 3.51. The first-order valence-electron chi connectivity index (χ1n) is 3.90. The quantitative estimate of drug-likeness (QED) is 0.660. The predicted octanol–water partition coefficient (Wildman–Crippen LogP) is 3.50. The number of hydrogen-bond acceptors (Lipinski definition) is 0. The molecule has 0 nitrogen and oxygen atoms in total. The van der Waals surface area contributed by atoms with Crippen LogP contribution < -0.4 is 0 Å². The highest BCUT2D eigenvalue weighted by Crippen LogP contribution is 2.25. The van der Waals surface area contributed by atoms with Crippen LogP contribution in [0.25, 0.3) is 0 Å². The second-order valence-corrected chi connectivity index (χ2v) is 4.25. The average Bonchev–Trinajstić information content (AvgIpc) is 2.09. The van der Waals surface area contributed by atoms with Gasteiger partial charge in [0.1, 0.15) is 5.82 Å². The highest BCUT2D eigenvalue weighted by molar-refractivity contribution is 9.10. The van der Waals surface area contributed by atoms with E-state index in [-0.39, 0.29) is 5.82 Å². The van der Waals surface area contributed by atoms with Gasteiger partial charge in [0.2, 0.25) is 0 Å². The lowest BCUT2D eigenvalue weighted by molar-refractivity contribution is 0.608. The molecule has 0 amide bonds. The minimum atomic E-state index is -0.415. The zero-order valence-electron chi connectivity index (χ0n) is 7.57. The summed E-state index contributed by atoms with van der Waals surface area (Å²) in [6.45, 7) is 3.77. The summed E-state index contributed by atoms with van der Waals surface area (Å²) in [5.74, 6) is 2.35. The molecule has 0 unspecified atom stereocenters. The van der Waals surface area contributed by atoms with E-state index >= 15 is 0 Å². The van der Waals surface area contributed by atoms with Gasteiger partial charge in [0, 0.05) is 0 Å². The van der Waals surface area contributed by atoms with Gasteiger partial charge in [-0.3, -0.25) is 0 Å². The standard InChI is InChI=1S/C11H10BrF/c1-4-11(2,3)8-5-6-9(12)10(13)7-8/h1,5-7H,2-3H3. The van der Waals surface area contributed by atoms with Crippen LogP contribution in [0, 0.1) is 18.2 Å². The number of hydrogen-bond donors (Lipinski definition) is 0. The molecule has 1 aromatic rings. The molecule has 0 saturated heterocycles. The summed E-state index contributed by atoms with van der Waals surface area (Å²) in [7, 11) is 0. The Labute approximate surface area is 86.3 Å². The van der Waals surface area contributed by atoms with Gasteiger partial charge >= 0.3 is 0 Å². The lowest BCUT2D eigenvalue weighted by atomic mass is 9.86. The SMILES string of the molecule is C#CC(C)(C)c1ccc(Br)c(F)c1. The first kappa shape index (κ1) is 10.3. The normalized spacial score (nSPS) is 11.0. The smallest absolute Gasteiger partial charge is 0.137 e. The third-order valence-electron chi connectivity index (χ3n) is 2.00. The van der Waals surface area contributed by atoms with Gasteiger partial charge in [0.25, 0.3) is 0 Å². The average molecular weight is 241 g/mol. The van der Waals surface area contributed by atoms with Crippen molar-refractivity contribution in [3.8, 4) is 12.3 Å². The van der Waals surface area contributed by atoms with Crippen LogP contribution in [0.15, 0.2) is 22.7 Å². The van der Waals surface area contributed by atoms with Crippen molar-refractivity contribution < 1.29 is 4.39 Å². The Bertz CT molecular complexity index is 361. The summed E-state index contributed by atoms with van der Waals surface area (Å²) in [6, 6.07) is 4.96. The fraction of sp³-hybridized carbons (Fsp3) is 0.273. The molecule has 1 rings (SSSR count). The Hall–Kier alpha value is -0.810. The molecular formula is C11H10BrF. The number of rotatable bonds is 1. The summed E-state index contributed by atoms with van der Waals surface area (Å²) in [6.07, 6.45) is 5.34. The fourth-order valence-corrected chi connectivity index (χ4v) is 1.21. The monoisotopic (exact) mass is 240 g/mol. The number of halogens is 2. The molecule has 0 aromatic heterocycles. The first-order valence-corrected chi connectivity index (χ1v) is 4.70. The minimum absolute atomic E-state index is 0.277. The van der Waals surface area contributed by atoms with Gasteiger partial charge in [0.15, 0.2) is 0 Å². The number of benzene rings is 1. The minimum Gasteiger partial charge on any atom is -0.206 e. The van der Waals surface area contributed by atoms with Crippen LogP contribution in [0.5, 0.6) is 0 Å². The van der Waals surface area contributed by atoms with Gasteiger partial charge in [0.05, 0.1) is 9.89 Å². The summed E-state index contributed by atoms with van der Waals surface area (Å²) in [5, 5.41) is 0. The van der Waals surface area contributed by atoms with Crippen molar-refractivity contribution in [3.05, 3.63) is 34.1 Å². The molecule has 0 aliphatic carbocycles. The first-order chi connectivity index (χ1) is 5.97. The molecule has 0 saturated carbocycles. The van der Waals surface area contributed by atoms with Crippen LogP contribution in [0.4, 0.5) is 4.39 Å². The fourth-order valence-electron chi connectivity index (χ4n) is 0.968. The van der Waals surface area contributed by atoms with Gasteiger partial charge in [-0.25, -0.2) is 4.39 Å². The Morgan fingerprint density at radius 2 is 2.08 bits per heavy atom. The van der Waals surface area contributed by atoms with E-state index in [1.54, 1.807) is 6.07 Å².